The Bertz CT molecular complexity index is 518. The molecule has 9 heteroatoms. The molecule has 0 radical (unpaired) electrons. The first-order valence-corrected chi connectivity index (χ1v) is 5.17. The molecule has 1 aromatic rings. The van der Waals surface area contributed by atoms with Crippen LogP contribution >= 0.6 is 0 Å². The Hall–Kier alpha value is -1.93. The third-order valence-corrected chi connectivity index (χ3v) is 2.23. The molecule has 0 aliphatic heterocycles. The van der Waals surface area contributed by atoms with Crippen molar-refractivity contribution in [2.75, 3.05) is 6.61 Å². The van der Waals surface area contributed by atoms with Crippen molar-refractivity contribution in [1.82, 2.24) is 0 Å². The van der Waals surface area contributed by atoms with Crippen LogP contribution < -0.4 is 0 Å². The lowest BCUT2D eigenvalue weighted by atomic mass is 10.0. The lowest BCUT2D eigenvalue weighted by Gasteiger charge is -2.16. The van der Waals surface area contributed by atoms with Gasteiger partial charge in [-0.15, -0.1) is 0 Å². The highest BCUT2D eigenvalue weighted by Gasteiger charge is 2.41. The van der Waals surface area contributed by atoms with Gasteiger partial charge in [-0.3, -0.25) is 0 Å². The zero-order valence-electron chi connectivity index (χ0n) is 9.89. The Morgan fingerprint density at radius 2 is 1.70 bits per heavy atom. The van der Waals surface area contributed by atoms with E-state index in [2.05, 4.69) is 4.74 Å². The molecule has 0 aromatic heterocycles. The summed E-state index contributed by atoms with van der Waals surface area (Å²) in [6, 6.07) is -0.201. The number of hydrogen-bond acceptors (Lipinski definition) is 3. The topological polar surface area (TPSA) is 46.5 Å². The number of aromatic hydroxyl groups is 1. The molecule has 0 bridgehead atoms. The third-order valence-electron chi connectivity index (χ3n) is 2.23. The number of carbonyl (C=O) groups excluding carboxylic acids is 1. The molecule has 3 nitrogen and oxygen atoms in total. The highest BCUT2D eigenvalue weighted by Crippen LogP contribution is 2.41. The molecule has 0 aliphatic carbocycles. The normalized spacial score (nSPS) is 12.3. The molecule has 0 amide bonds. The van der Waals surface area contributed by atoms with Gasteiger partial charge in [0.2, 0.25) is 0 Å². The summed E-state index contributed by atoms with van der Waals surface area (Å²) in [5.41, 5.74) is -4.95. The SMILES string of the molecule is CCOC(=O)c1c(O)cc(C(F)(F)F)cc1C(F)(F)F. The largest absolute Gasteiger partial charge is 0.507 e. The summed E-state index contributed by atoms with van der Waals surface area (Å²) in [7, 11) is 0. The second kappa shape index (κ2) is 5.22. The minimum atomic E-state index is -5.25. The van der Waals surface area contributed by atoms with E-state index in [0.29, 0.717) is 0 Å². The molecule has 0 heterocycles. The van der Waals surface area contributed by atoms with Crippen LogP contribution in [-0.2, 0) is 17.1 Å². The van der Waals surface area contributed by atoms with E-state index in [4.69, 9.17) is 0 Å². The number of hydrogen-bond donors (Lipinski definition) is 1. The van der Waals surface area contributed by atoms with E-state index in [0.717, 1.165) is 0 Å². The minimum absolute atomic E-state index is 0.0431. The van der Waals surface area contributed by atoms with Crippen molar-refractivity contribution >= 4 is 5.97 Å². The first kappa shape index (κ1) is 16.1. The van der Waals surface area contributed by atoms with E-state index in [1.807, 2.05) is 0 Å². The monoisotopic (exact) mass is 302 g/mol. The number of ether oxygens (including phenoxy) is 1. The molecule has 1 aromatic carbocycles. The molecule has 0 atom stereocenters. The van der Waals surface area contributed by atoms with Crippen LogP contribution in [-0.4, -0.2) is 17.7 Å². The Kier molecular flexibility index (Phi) is 4.21. The fourth-order valence-electron chi connectivity index (χ4n) is 1.43. The summed E-state index contributed by atoms with van der Waals surface area (Å²) in [6.45, 7) is 1.00. The van der Waals surface area contributed by atoms with Crippen molar-refractivity contribution in [2.45, 2.75) is 19.3 Å². The molecule has 20 heavy (non-hydrogen) atoms. The maximum absolute atomic E-state index is 12.7. The van der Waals surface area contributed by atoms with Gasteiger partial charge in [-0.2, -0.15) is 26.3 Å². The quantitative estimate of drug-likeness (QED) is 0.670. The third kappa shape index (κ3) is 3.34. The van der Waals surface area contributed by atoms with Gasteiger partial charge in [0.1, 0.15) is 11.3 Å². The average Bonchev–Trinajstić information content (AvgIpc) is 2.25. The summed E-state index contributed by atoms with van der Waals surface area (Å²) in [4.78, 5) is 11.3. The predicted molar refractivity (Wildman–Crippen MR) is 54.1 cm³/mol. The molecular weight excluding hydrogens is 294 g/mol. The second-order valence-electron chi connectivity index (χ2n) is 3.63. The molecule has 112 valence electrons. The van der Waals surface area contributed by atoms with Crippen LogP contribution in [0.25, 0.3) is 0 Å². The molecule has 0 saturated heterocycles. The van der Waals surface area contributed by atoms with Crippen molar-refractivity contribution < 1.29 is 41.0 Å². The van der Waals surface area contributed by atoms with Gasteiger partial charge in [0.05, 0.1) is 17.7 Å². The van der Waals surface area contributed by atoms with Gasteiger partial charge in [0.25, 0.3) is 0 Å². The number of phenolic OH excluding ortho intramolecular Hbond substituents is 1. The number of rotatable bonds is 2. The zero-order valence-corrected chi connectivity index (χ0v) is 9.89. The Morgan fingerprint density at radius 3 is 2.10 bits per heavy atom. The smallest absolute Gasteiger partial charge is 0.417 e. The Morgan fingerprint density at radius 1 is 1.15 bits per heavy atom. The van der Waals surface area contributed by atoms with Crippen molar-refractivity contribution in [1.29, 1.82) is 0 Å². The summed E-state index contributed by atoms with van der Waals surface area (Å²) in [6.07, 6.45) is -10.3. The van der Waals surface area contributed by atoms with E-state index in [-0.39, 0.29) is 18.7 Å². The fourth-order valence-corrected chi connectivity index (χ4v) is 1.43. The Labute approximate surface area is 108 Å². The van der Waals surface area contributed by atoms with Crippen molar-refractivity contribution in [3.8, 4) is 5.75 Å². The molecule has 0 unspecified atom stereocenters. The Balaban J connectivity index is 3.56. The number of halogens is 6. The number of benzene rings is 1. The molecule has 0 aliphatic rings. The van der Waals surface area contributed by atoms with Gasteiger partial charge in [-0.25, -0.2) is 4.79 Å². The second-order valence-corrected chi connectivity index (χ2v) is 3.63. The predicted octanol–water partition coefficient (Wildman–Crippen LogP) is 3.61. The molecule has 0 spiro atoms. The number of alkyl halides is 6. The van der Waals surface area contributed by atoms with Crippen molar-refractivity contribution in [2.24, 2.45) is 0 Å². The van der Waals surface area contributed by atoms with Crippen molar-refractivity contribution in [3.05, 3.63) is 28.8 Å². The maximum Gasteiger partial charge on any atom is 0.417 e. The van der Waals surface area contributed by atoms with E-state index >= 15 is 0 Å². The van der Waals surface area contributed by atoms with E-state index in [1.54, 1.807) is 0 Å². The summed E-state index contributed by atoms with van der Waals surface area (Å²) in [5.74, 6) is -2.99. The van der Waals surface area contributed by atoms with Crippen LogP contribution in [0.5, 0.6) is 5.75 Å². The first-order chi connectivity index (χ1) is 8.98. The van der Waals surface area contributed by atoms with Gasteiger partial charge in [0.15, 0.2) is 0 Å². The van der Waals surface area contributed by atoms with E-state index < -0.39 is 40.8 Å². The highest BCUT2D eigenvalue weighted by atomic mass is 19.4. The van der Waals surface area contributed by atoms with Gasteiger partial charge >= 0.3 is 18.3 Å². The highest BCUT2D eigenvalue weighted by molar-refractivity contribution is 5.94. The maximum atomic E-state index is 12.7. The van der Waals surface area contributed by atoms with Crippen LogP contribution in [0.4, 0.5) is 26.3 Å². The molecule has 1 N–H and O–H groups in total. The standard InChI is InChI=1S/C11H8F6O3/c1-2-20-9(19)8-6(11(15,16)17)3-5(4-7(8)18)10(12,13)14/h3-4,18H,2H2,1H3. The summed E-state index contributed by atoms with van der Waals surface area (Å²) < 4.78 is 79.7. The van der Waals surface area contributed by atoms with Gasteiger partial charge in [-0.1, -0.05) is 0 Å². The van der Waals surface area contributed by atoms with Crippen LogP contribution in [0.1, 0.15) is 28.4 Å². The number of phenols is 1. The van der Waals surface area contributed by atoms with Gasteiger partial charge < -0.3 is 9.84 Å². The van der Waals surface area contributed by atoms with Crippen molar-refractivity contribution in [3.63, 3.8) is 0 Å². The fraction of sp³-hybridized carbons (Fsp3) is 0.364. The van der Waals surface area contributed by atoms with Crippen LogP contribution in [0, 0.1) is 0 Å². The lowest BCUT2D eigenvalue weighted by Crippen LogP contribution is -2.18. The minimum Gasteiger partial charge on any atom is -0.507 e. The molecule has 1 rings (SSSR count). The summed E-state index contributed by atoms with van der Waals surface area (Å²) in [5, 5.41) is 9.30. The average molecular weight is 302 g/mol. The molecule has 0 fully saturated rings. The molecular formula is C11H8F6O3. The number of esters is 1. The zero-order chi connectivity index (χ0) is 15.7. The number of carbonyl (C=O) groups is 1. The lowest BCUT2D eigenvalue weighted by molar-refractivity contribution is -0.143. The van der Waals surface area contributed by atoms with Crippen LogP contribution in [0.3, 0.4) is 0 Å². The first-order valence-electron chi connectivity index (χ1n) is 5.17. The molecule has 0 saturated carbocycles. The van der Waals surface area contributed by atoms with Crippen LogP contribution in [0.15, 0.2) is 12.1 Å². The van der Waals surface area contributed by atoms with E-state index in [1.165, 1.54) is 6.92 Å². The van der Waals surface area contributed by atoms with Gasteiger partial charge in [-0.05, 0) is 19.1 Å². The van der Waals surface area contributed by atoms with E-state index in [9.17, 15) is 36.2 Å². The summed E-state index contributed by atoms with van der Waals surface area (Å²) >= 11 is 0. The van der Waals surface area contributed by atoms with Crippen LogP contribution in [0.2, 0.25) is 0 Å². The van der Waals surface area contributed by atoms with Gasteiger partial charge in [0, 0.05) is 0 Å².